The number of hydrogen-bond donors (Lipinski definition) is 1. The summed E-state index contributed by atoms with van der Waals surface area (Å²) in [4.78, 5) is 16.0. The van der Waals surface area contributed by atoms with E-state index in [2.05, 4.69) is 40.6 Å². The average Bonchev–Trinajstić information content (AvgIpc) is 2.90. The van der Waals surface area contributed by atoms with Crippen molar-refractivity contribution in [3.63, 3.8) is 0 Å². The molecule has 0 bridgehead atoms. The van der Waals surface area contributed by atoms with Crippen LogP contribution in [0.5, 0.6) is 17.2 Å². The molecule has 3 heterocycles. The average molecular weight is 476 g/mol. The van der Waals surface area contributed by atoms with E-state index in [-0.39, 0.29) is 0 Å². The van der Waals surface area contributed by atoms with Gasteiger partial charge >= 0.3 is 0 Å². The predicted molar refractivity (Wildman–Crippen MR) is 140 cm³/mol. The molecule has 0 fully saturated rings. The van der Waals surface area contributed by atoms with Crippen LogP contribution < -0.4 is 19.9 Å². The summed E-state index contributed by atoms with van der Waals surface area (Å²) in [6, 6.07) is 8.10. The molecule has 0 unspecified atom stereocenters. The van der Waals surface area contributed by atoms with Crippen LogP contribution in [0.4, 0.5) is 5.82 Å². The Balaban J connectivity index is 1.72. The quantitative estimate of drug-likeness (QED) is 0.322. The first-order valence-corrected chi connectivity index (χ1v) is 12.0. The molecule has 0 aliphatic heterocycles. The van der Waals surface area contributed by atoms with Gasteiger partial charge in [-0.3, -0.25) is 14.9 Å². The lowest BCUT2D eigenvalue weighted by Gasteiger charge is -2.28. The summed E-state index contributed by atoms with van der Waals surface area (Å²) in [5.41, 5.74) is 8.69. The van der Waals surface area contributed by atoms with E-state index < -0.39 is 0 Å². The Morgan fingerprint density at radius 2 is 1.63 bits per heavy atom. The lowest BCUT2D eigenvalue weighted by Crippen LogP contribution is -2.38. The topological polar surface area (TPSA) is 95.6 Å². The maximum absolute atomic E-state index is 6.37. The number of hydrogen-bond acceptors (Lipinski definition) is 8. The van der Waals surface area contributed by atoms with Gasteiger partial charge in [0.2, 0.25) is 0 Å². The van der Waals surface area contributed by atoms with Gasteiger partial charge in [-0.05, 0) is 43.1 Å². The van der Waals surface area contributed by atoms with Crippen molar-refractivity contribution in [1.82, 2.24) is 19.9 Å². The highest BCUT2D eigenvalue weighted by Gasteiger charge is 2.16. The van der Waals surface area contributed by atoms with Gasteiger partial charge in [0.05, 0.1) is 31.6 Å². The summed E-state index contributed by atoms with van der Waals surface area (Å²) in [7, 11) is 3.22. The maximum Gasteiger partial charge on any atom is 0.162 e. The summed E-state index contributed by atoms with van der Waals surface area (Å²) in [6.07, 6.45) is 6.27. The molecule has 184 valence electrons. The first kappa shape index (κ1) is 24.5. The van der Waals surface area contributed by atoms with Gasteiger partial charge in [-0.15, -0.1) is 0 Å². The smallest absolute Gasteiger partial charge is 0.162 e. The van der Waals surface area contributed by atoms with E-state index in [9.17, 15) is 0 Å². The van der Waals surface area contributed by atoms with E-state index >= 15 is 0 Å². The number of nitrogens with two attached hydrogens (primary N) is 1. The molecule has 0 radical (unpaired) electrons. The summed E-state index contributed by atoms with van der Waals surface area (Å²) < 4.78 is 17.1. The number of nitrogen functional groups attached to an aromatic ring is 1. The highest BCUT2D eigenvalue weighted by molar-refractivity contribution is 6.10. The molecule has 35 heavy (non-hydrogen) atoms. The van der Waals surface area contributed by atoms with Crippen molar-refractivity contribution in [3.8, 4) is 28.5 Å². The third kappa shape index (κ3) is 4.93. The molecule has 0 aliphatic carbocycles. The van der Waals surface area contributed by atoms with Gasteiger partial charge < -0.3 is 19.9 Å². The Hall–Kier alpha value is -3.65. The van der Waals surface area contributed by atoms with Gasteiger partial charge in [-0.1, -0.05) is 20.8 Å². The van der Waals surface area contributed by atoms with Crippen molar-refractivity contribution in [1.29, 1.82) is 0 Å². The molecule has 1 atom stereocenters. The highest BCUT2D eigenvalue weighted by Crippen LogP contribution is 2.37. The minimum atomic E-state index is 0.355. The van der Waals surface area contributed by atoms with Crippen LogP contribution in [0.15, 0.2) is 42.9 Å². The number of aromatic nitrogens is 3. The molecule has 8 heteroatoms. The van der Waals surface area contributed by atoms with Crippen molar-refractivity contribution >= 4 is 27.5 Å². The van der Waals surface area contributed by atoms with Crippen molar-refractivity contribution in [2.45, 2.75) is 33.2 Å². The van der Waals surface area contributed by atoms with E-state index in [1.54, 1.807) is 32.8 Å². The van der Waals surface area contributed by atoms with Crippen molar-refractivity contribution in [2.24, 2.45) is 0 Å². The van der Waals surface area contributed by atoms with Crippen LogP contribution in [0.25, 0.3) is 32.9 Å². The maximum atomic E-state index is 6.37. The lowest BCUT2D eigenvalue weighted by atomic mass is 10.0. The van der Waals surface area contributed by atoms with Crippen LogP contribution in [0.2, 0.25) is 0 Å². The zero-order valence-corrected chi connectivity index (χ0v) is 21.0. The Morgan fingerprint density at radius 1 is 0.886 bits per heavy atom. The second-order valence-corrected chi connectivity index (χ2v) is 8.34. The standard InChI is InChI=1S/C27H33N5O3/c1-6-18(32(7-2)8-3)16-35-19-9-17(13-29-14-19)23-10-20-21-11-25(33-4)26(34-5)12-24(21)30-15-22(20)27(28)31-23/h9-15,18H,6-8,16H2,1-5H3,(H2,28,31)/t18-/m1/s1. The summed E-state index contributed by atoms with van der Waals surface area (Å²) in [5.74, 6) is 2.36. The molecular weight excluding hydrogens is 442 g/mol. The number of nitrogens with zero attached hydrogens (tertiary/aromatic N) is 4. The van der Waals surface area contributed by atoms with Gasteiger partial charge in [0.1, 0.15) is 18.2 Å². The fourth-order valence-electron chi connectivity index (χ4n) is 4.46. The number of benzene rings is 1. The van der Waals surface area contributed by atoms with Crippen LogP contribution in [0, 0.1) is 0 Å². The second kappa shape index (κ2) is 10.7. The van der Waals surface area contributed by atoms with Gasteiger partial charge in [0, 0.05) is 40.8 Å². The van der Waals surface area contributed by atoms with Crippen LogP contribution in [0.1, 0.15) is 27.2 Å². The van der Waals surface area contributed by atoms with E-state index in [4.69, 9.17) is 19.9 Å². The number of anilines is 1. The van der Waals surface area contributed by atoms with Crippen molar-refractivity contribution in [2.75, 3.05) is 39.6 Å². The van der Waals surface area contributed by atoms with Gasteiger partial charge in [-0.2, -0.15) is 0 Å². The Labute approximate surface area is 206 Å². The molecule has 4 aromatic rings. The van der Waals surface area contributed by atoms with Crippen LogP contribution >= 0.6 is 0 Å². The Morgan fingerprint density at radius 3 is 2.31 bits per heavy atom. The van der Waals surface area contributed by atoms with Crippen LogP contribution in [0.3, 0.4) is 0 Å². The van der Waals surface area contributed by atoms with Crippen LogP contribution in [-0.2, 0) is 0 Å². The molecule has 0 spiro atoms. The van der Waals surface area contributed by atoms with Gasteiger partial charge in [0.25, 0.3) is 0 Å². The lowest BCUT2D eigenvalue weighted by molar-refractivity contribution is 0.142. The number of pyridine rings is 3. The van der Waals surface area contributed by atoms with Crippen LogP contribution in [-0.4, -0.2) is 59.8 Å². The third-order valence-electron chi connectivity index (χ3n) is 6.46. The SMILES string of the molecule is CC[C@H](COc1cncc(-c2cc3c(cnc4cc(OC)c(OC)cc43)c(N)n2)c1)N(CC)CC. The minimum Gasteiger partial charge on any atom is -0.493 e. The number of ether oxygens (including phenoxy) is 3. The van der Waals surface area contributed by atoms with E-state index in [0.717, 1.165) is 46.7 Å². The summed E-state index contributed by atoms with van der Waals surface area (Å²) in [6.45, 7) is 9.14. The molecule has 0 saturated carbocycles. The molecule has 0 aliphatic rings. The molecule has 0 saturated heterocycles. The molecule has 8 nitrogen and oxygen atoms in total. The van der Waals surface area contributed by atoms with Gasteiger partial charge in [-0.25, -0.2) is 4.98 Å². The summed E-state index contributed by atoms with van der Waals surface area (Å²) >= 11 is 0. The minimum absolute atomic E-state index is 0.355. The highest BCUT2D eigenvalue weighted by atomic mass is 16.5. The summed E-state index contributed by atoms with van der Waals surface area (Å²) in [5, 5.41) is 2.61. The molecule has 4 rings (SSSR count). The molecular formula is C27H33N5O3. The third-order valence-corrected chi connectivity index (χ3v) is 6.46. The number of methoxy groups -OCH3 is 2. The fraction of sp³-hybridized carbons (Fsp3) is 0.370. The monoisotopic (exact) mass is 475 g/mol. The van der Waals surface area contributed by atoms with E-state index in [1.807, 2.05) is 24.3 Å². The zero-order valence-electron chi connectivity index (χ0n) is 21.0. The van der Waals surface area contributed by atoms with E-state index in [0.29, 0.717) is 41.4 Å². The molecule has 1 aromatic carbocycles. The molecule has 0 amide bonds. The normalized spacial score (nSPS) is 12.3. The number of rotatable bonds is 10. The fourth-order valence-corrected chi connectivity index (χ4v) is 4.46. The first-order valence-electron chi connectivity index (χ1n) is 12.0. The zero-order chi connectivity index (χ0) is 24.9. The van der Waals surface area contributed by atoms with E-state index in [1.165, 1.54) is 0 Å². The molecule has 2 N–H and O–H groups in total. The molecule has 3 aromatic heterocycles. The van der Waals surface area contributed by atoms with Gasteiger partial charge in [0.15, 0.2) is 11.5 Å². The first-order chi connectivity index (χ1) is 17.0. The predicted octanol–water partition coefficient (Wildman–Crippen LogP) is 4.94. The largest absolute Gasteiger partial charge is 0.493 e. The number of fused-ring (bicyclic) bond motifs is 3. The second-order valence-electron chi connectivity index (χ2n) is 8.34. The van der Waals surface area contributed by atoms with Crippen molar-refractivity contribution < 1.29 is 14.2 Å². The number of likely N-dealkylation sites (N-methyl/N-ethyl adjacent to an activating group) is 1. The Kier molecular flexibility index (Phi) is 7.51. The Bertz CT molecular complexity index is 1320. The van der Waals surface area contributed by atoms with Crippen molar-refractivity contribution in [3.05, 3.63) is 42.9 Å².